The summed E-state index contributed by atoms with van der Waals surface area (Å²) >= 11 is 0. The minimum Gasteiger partial charge on any atom is -0.346 e. The van der Waals surface area contributed by atoms with Gasteiger partial charge in [0.2, 0.25) is 0 Å². The number of nitrogens with one attached hydrogen (secondary N) is 1. The van der Waals surface area contributed by atoms with Gasteiger partial charge in [0.05, 0.1) is 12.4 Å². The lowest BCUT2D eigenvalue weighted by Gasteiger charge is -2.02. The van der Waals surface area contributed by atoms with Gasteiger partial charge in [-0.2, -0.15) is 0 Å². The first-order chi connectivity index (χ1) is 7.34. The maximum atomic E-state index is 4.44. The molecule has 3 aromatic heterocycles. The molecular weight excluding hydrogens is 189 g/mol. The maximum Gasteiger partial charge on any atom is 0.156 e. The molecule has 5 nitrogen and oxygen atoms in total. The molecule has 0 bridgehead atoms. The molecule has 0 aromatic carbocycles. The SMILES string of the molecule is Bc1cc(-n2ccnn2)nc2[nH]ccc12. The Hall–Kier alpha value is -2.11. The quantitative estimate of drug-likeness (QED) is 0.530. The molecule has 3 aromatic rings. The molecule has 6 heteroatoms. The van der Waals surface area contributed by atoms with Gasteiger partial charge in [-0.3, -0.25) is 0 Å². The predicted octanol–water partition coefficient (Wildman–Crippen LogP) is -0.598. The molecule has 0 aliphatic carbocycles. The number of pyridine rings is 1. The summed E-state index contributed by atoms with van der Waals surface area (Å²) in [6.07, 6.45) is 5.29. The Morgan fingerprint density at radius 2 is 2.33 bits per heavy atom. The fourth-order valence-electron chi connectivity index (χ4n) is 1.64. The van der Waals surface area contributed by atoms with Crippen molar-refractivity contribution in [2.45, 2.75) is 0 Å². The van der Waals surface area contributed by atoms with Crippen molar-refractivity contribution in [1.29, 1.82) is 0 Å². The van der Waals surface area contributed by atoms with Crippen LogP contribution in [0.3, 0.4) is 0 Å². The summed E-state index contributed by atoms with van der Waals surface area (Å²) in [6.45, 7) is 0. The molecule has 3 heterocycles. The summed E-state index contributed by atoms with van der Waals surface area (Å²) in [7, 11) is 2.05. The van der Waals surface area contributed by atoms with Crippen LogP contribution in [0.15, 0.2) is 30.7 Å². The number of nitrogens with zero attached hydrogens (tertiary/aromatic N) is 4. The smallest absolute Gasteiger partial charge is 0.156 e. The predicted molar refractivity (Wildman–Crippen MR) is 59.2 cm³/mol. The fraction of sp³-hybridized carbons (Fsp3) is 0. The Morgan fingerprint density at radius 1 is 1.40 bits per heavy atom. The van der Waals surface area contributed by atoms with E-state index in [2.05, 4.69) is 28.1 Å². The largest absolute Gasteiger partial charge is 0.346 e. The molecule has 0 radical (unpaired) electrons. The first-order valence-corrected chi connectivity index (χ1v) is 4.66. The monoisotopic (exact) mass is 197 g/mol. The Labute approximate surface area is 86.5 Å². The average Bonchev–Trinajstić information content (AvgIpc) is 2.88. The second kappa shape index (κ2) is 2.95. The van der Waals surface area contributed by atoms with Crippen LogP contribution in [0.5, 0.6) is 0 Å². The van der Waals surface area contributed by atoms with E-state index in [1.807, 2.05) is 18.3 Å². The maximum absolute atomic E-state index is 4.44. The highest BCUT2D eigenvalue weighted by atomic mass is 15.4. The van der Waals surface area contributed by atoms with Crippen LogP contribution in [0.2, 0.25) is 0 Å². The first-order valence-electron chi connectivity index (χ1n) is 4.66. The minimum absolute atomic E-state index is 0.778. The highest BCUT2D eigenvalue weighted by Crippen LogP contribution is 2.09. The zero-order valence-corrected chi connectivity index (χ0v) is 8.18. The first kappa shape index (κ1) is 8.22. The van der Waals surface area contributed by atoms with E-state index in [0.29, 0.717) is 0 Å². The van der Waals surface area contributed by atoms with Crippen molar-refractivity contribution in [2.75, 3.05) is 0 Å². The van der Waals surface area contributed by atoms with E-state index in [-0.39, 0.29) is 0 Å². The summed E-state index contributed by atoms with van der Waals surface area (Å²) in [5, 5.41) is 8.81. The van der Waals surface area contributed by atoms with Gasteiger partial charge < -0.3 is 4.98 Å². The van der Waals surface area contributed by atoms with E-state index in [1.165, 1.54) is 5.46 Å². The lowest BCUT2D eigenvalue weighted by atomic mass is 9.94. The third kappa shape index (κ3) is 1.22. The zero-order valence-electron chi connectivity index (χ0n) is 8.18. The normalized spacial score (nSPS) is 10.9. The van der Waals surface area contributed by atoms with Gasteiger partial charge in [-0.15, -0.1) is 5.10 Å². The molecule has 72 valence electrons. The number of aromatic amines is 1. The van der Waals surface area contributed by atoms with Gasteiger partial charge in [-0.05, 0) is 12.1 Å². The molecule has 0 spiro atoms. The molecular formula is C9H8BN5. The van der Waals surface area contributed by atoms with E-state index < -0.39 is 0 Å². The lowest BCUT2D eigenvalue weighted by Crippen LogP contribution is -2.09. The third-order valence-corrected chi connectivity index (χ3v) is 2.38. The van der Waals surface area contributed by atoms with Crippen LogP contribution in [-0.4, -0.2) is 32.8 Å². The highest BCUT2D eigenvalue weighted by Gasteiger charge is 2.04. The van der Waals surface area contributed by atoms with Crippen LogP contribution in [-0.2, 0) is 0 Å². The van der Waals surface area contributed by atoms with Gasteiger partial charge in [-0.25, -0.2) is 9.67 Å². The Kier molecular flexibility index (Phi) is 1.61. The van der Waals surface area contributed by atoms with Crippen molar-refractivity contribution in [2.24, 2.45) is 0 Å². The minimum atomic E-state index is 0.778. The van der Waals surface area contributed by atoms with E-state index in [0.717, 1.165) is 16.9 Å². The van der Waals surface area contributed by atoms with Gasteiger partial charge in [0.25, 0.3) is 0 Å². The number of rotatable bonds is 1. The van der Waals surface area contributed by atoms with Gasteiger partial charge >= 0.3 is 0 Å². The van der Waals surface area contributed by atoms with Crippen molar-refractivity contribution in [3.8, 4) is 5.82 Å². The molecule has 15 heavy (non-hydrogen) atoms. The summed E-state index contributed by atoms with van der Waals surface area (Å²) in [5.41, 5.74) is 2.05. The summed E-state index contributed by atoms with van der Waals surface area (Å²) in [5.74, 6) is 0.778. The molecule has 0 fully saturated rings. The van der Waals surface area contributed by atoms with Crippen molar-refractivity contribution in [3.05, 3.63) is 30.7 Å². The lowest BCUT2D eigenvalue weighted by molar-refractivity contribution is 0.785. The van der Waals surface area contributed by atoms with E-state index in [4.69, 9.17) is 0 Å². The van der Waals surface area contributed by atoms with E-state index in [1.54, 1.807) is 17.1 Å². The molecule has 0 unspecified atom stereocenters. The van der Waals surface area contributed by atoms with Crippen LogP contribution >= 0.6 is 0 Å². The summed E-state index contributed by atoms with van der Waals surface area (Å²) < 4.78 is 1.65. The number of hydrogen-bond acceptors (Lipinski definition) is 3. The Morgan fingerprint density at radius 3 is 3.13 bits per heavy atom. The van der Waals surface area contributed by atoms with Crippen LogP contribution < -0.4 is 5.46 Å². The average molecular weight is 197 g/mol. The molecule has 0 saturated heterocycles. The van der Waals surface area contributed by atoms with Gasteiger partial charge in [0.1, 0.15) is 13.5 Å². The molecule has 0 aliphatic heterocycles. The van der Waals surface area contributed by atoms with Crippen LogP contribution in [0.1, 0.15) is 0 Å². The van der Waals surface area contributed by atoms with Crippen molar-refractivity contribution < 1.29 is 0 Å². The number of aromatic nitrogens is 5. The van der Waals surface area contributed by atoms with Gasteiger partial charge in [-0.1, -0.05) is 10.7 Å². The topological polar surface area (TPSA) is 59.4 Å². The molecule has 0 saturated carbocycles. The van der Waals surface area contributed by atoms with Crippen molar-refractivity contribution in [3.63, 3.8) is 0 Å². The van der Waals surface area contributed by atoms with Crippen molar-refractivity contribution >= 4 is 24.3 Å². The highest BCUT2D eigenvalue weighted by molar-refractivity contribution is 6.38. The number of hydrogen-bond donors (Lipinski definition) is 1. The van der Waals surface area contributed by atoms with Crippen molar-refractivity contribution in [1.82, 2.24) is 25.0 Å². The van der Waals surface area contributed by atoms with Gasteiger partial charge in [0, 0.05) is 11.6 Å². The number of H-pyrrole nitrogens is 1. The number of fused-ring (bicyclic) bond motifs is 1. The van der Waals surface area contributed by atoms with Crippen LogP contribution in [0.25, 0.3) is 16.9 Å². The van der Waals surface area contributed by atoms with Crippen LogP contribution in [0, 0.1) is 0 Å². The van der Waals surface area contributed by atoms with Crippen LogP contribution in [0.4, 0.5) is 0 Å². The standard InChI is InChI=1S/C9H8BN5/c10-7-5-8(15-4-3-12-14-15)13-9-6(7)1-2-11-9/h1-5H,10H2,(H,11,13). The molecule has 0 aliphatic rings. The second-order valence-electron chi connectivity index (χ2n) is 3.38. The molecule has 0 atom stereocenters. The zero-order chi connectivity index (χ0) is 10.3. The third-order valence-electron chi connectivity index (χ3n) is 2.38. The Balaban J connectivity index is 2.29. The van der Waals surface area contributed by atoms with Gasteiger partial charge in [0.15, 0.2) is 5.82 Å². The summed E-state index contributed by atoms with van der Waals surface area (Å²) in [4.78, 5) is 7.53. The second-order valence-corrected chi connectivity index (χ2v) is 3.38. The molecule has 3 rings (SSSR count). The molecule has 0 amide bonds. The van der Waals surface area contributed by atoms with E-state index >= 15 is 0 Å². The molecule has 1 N–H and O–H groups in total. The van der Waals surface area contributed by atoms with E-state index in [9.17, 15) is 0 Å². The fourth-order valence-corrected chi connectivity index (χ4v) is 1.64. The Bertz CT molecular complexity index is 598. The summed E-state index contributed by atoms with van der Waals surface area (Å²) in [6, 6.07) is 4.01.